The van der Waals surface area contributed by atoms with Crippen molar-refractivity contribution in [3.8, 4) is 27.9 Å². The maximum atomic E-state index is 2.48. The fraction of sp³-hybridized carbons (Fsp3) is 0.0588. The Morgan fingerprint density at radius 1 is 0.481 bits per heavy atom. The van der Waals surface area contributed by atoms with E-state index in [1.165, 1.54) is 86.7 Å². The Balaban J connectivity index is 1.15. The molecule has 2 heterocycles. The molecule has 0 saturated heterocycles. The summed E-state index contributed by atoms with van der Waals surface area (Å²) in [6.07, 6.45) is 0. The first-order valence-electron chi connectivity index (χ1n) is 18.7. The Morgan fingerprint density at radius 3 is 1.87 bits per heavy atom. The van der Waals surface area contributed by atoms with Crippen LogP contribution in [0.4, 0.5) is 17.1 Å². The number of thiophene rings is 1. The Hall–Kier alpha value is -6.42. The number of para-hydroxylation sites is 2. The van der Waals surface area contributed by atoms with Crippen LogP contribution in [-0.2, 0) is 5.41 Å². The van der Waals surface area contributed by atoms with Gasteiger partial charge in [-0.25, -0.2) is 0 Å². The molecule has 0 amide bonds. The van der Waals surface area contributed by atoms with Gasteiger partial charge < -0.3 is 9.47 Å². The summed E-state index contributed by atoms with van der Waals surface area (Å²) >= 11 is 1.89. The van der Waals surface area contributed by atoms with Gasteiger partial charge in [-0.15, -0.1) is 11.3 Å². The van der Waals surface area contributed by atoms with Gasteiger partial charge in [0.25, 0.3) is 0 Å². The predicted molar refractivity (Wildman–Crippen MR) is 231 cm³/mol. The van der Waals surface area contributed by atoms with Gasteiger partial charge in [-0.1, -0.05) is 141 Å². The van der Waals surface area contributed by atoms with Crippen molar-refractivity contribution in [1.29, 1.82) is 0 Å². The maximum Gasteiger partial charge on any atom is 0.0640 e. The van der Waals surface area contributed by atoms with Crippen molar-refractivity contribution < 1.29 is 0 Å². The van der Waals surface area contributed by atoms with E-state index in [2.05, 4.69) is 205 Å². The van der Waals surface area contributed by atoms with Crippen LogP contribution in [0.3, 0.4) is 0 Å². The van der Waals surface area contributed by atoms with Crippen LogP contribution in [0.15, 0.2) is 182 Å². The lowest BCUT2D eigenvalue weighted by Crippen LogP contribution is -2.16. The van der Waals surface area contributed by atoms with E-state index in [0.29, 0.717) is 0 Å². The molecule has 256 valence electrons. The number of benzene rings is 8. The molecule has 0 spiro atoms. The summed E-state index contributed by atoms with van der Waals surface area (Å²) in [5.74, 6) is 0. The average Bonchev–Trinajstić information content (AvgIpc) is 3.85. The fourth-order valence-corrected chi connectivity index (χ4v) is 10.3. The van der Waals surface area contributed by atoms with Crippen LogP contribution in [0.25, 0.3) is 69.9 Å². The van der Waals surface area contributed by atoms with Crippen molar-refractivity contribution in [2.75, 3.05) is 4.90 Å². The minimum atomic E-state index is -0.106. The highest BCUT2D eigenvalue weighted by Gasteiger charge is 2.36. The van der Waals surface area contributed by atoms with Crippen LogP contribution in [-0.4, -0.2) is 4.57 Å². The van der Waals surface area contributed by atoms with Crippen molar-refractivity contribution in [3.63, 3.8) is 0 Å². The zero-order valence-electron chi connectivity index (χ0n) is 30.1. The maximum absolute atomic E-state index is 2.48. The van der Waals surface area contributed by atoms with E-state index in [1.54, 1.807) is 0 Å². The summed E-state index contributed by atoms with van der Waals surface area (Å²) in [7, 11) is 0. The molecule has 1 aliphatic rings. The second-order valence-corrected chi connectivity index (χ2v) is 16.0. The molecule has 0 unspecified atom stereocenters. The van der Waals surface area contributed by atoms with Crippen LogP contribution in [0.2, 0.25) is 0 Å². The first kappa shape index (κ1) is 31.1. The quantitative estimate of drug-likeness (QED) is 0.173. The SMILES string of the molecule is CC1(C)c2ccccc2-c2ccc(N(c3ccc(-c4ccccc4)cc3)c3cccc4c3sc3cccc(-n5c6ccccc6c6ccccc65)c34)cc21. The largest absolute Gasteiger partial charge is 0.309 e. The molecule has 0 saturated carbocycles. The summed E-state index contributed by atoms with van der Waals surface area (Å²) in [6, 6.07) is 67.0. The van der Waals surface area contributed by atoms with Gasteiger partial charge in [0.1, 0.15) is 0 Å². The van der Waals surface area contributed by atoms with Gasteiger partial charge in [0.05, 0.1) is 27.1 Å². The Morgan fingerprint density at radius 2 is 1.09 bits per heavy atom. The summed E-state index contributed by atoms with van der Waals surface area (Å²) in [4.78, 5) is 2.48. The van der Waals surface area contributed by atoms with Gasteiger partial charge in [-0.2, -0.15) is 0 Å². The molecule has 8 aromatic carbocycles. The molecule has 2 nitrogen and oxygen atoms in total. The molecule has 3 heteroatoms. The van der Waals surface area contributed by atoms with Gasteiger partial charge in [0, 0.05) is 43.0 Å². The van der Waals surface area contributed by atoms with Crippen molar-refractivity contribution in [1.82, 2.24) is 4.57 Å². The van der Waals surface area contributed by atoms with Crippen molar-refractivity contribution in [3.05, 3.63) is 193 Å². The minimum absolute atomic E-state index is 0.106. The molecule has 0 fully saturated rings. The first-order valence-corrected chi connectivity index (χ1v) is 19.5. The molecule has 1 aliphatic carbocycles. The summed E-state index contributed by atoms with van der Waals surface area (Å²) in [5, 5.41) is 5.11. The van der Waals surface area contributed by atoms with Gasteiger partial charge in [0.2, 0.25) is 0 Å². The summed E-state index contributed by atoms with van der Waals surface area (Å²) in [6.45, 7) is 4.73. The topological polar surface area (TPSA) is 8.17 Å². The third-order valence-electron chi connectivity index (χ3n) is 11.6. The van der Waals surface area contributed by atoms with E-state index in [1.807, 2.05) is 11.3 Å². The van der Waals surface area contributed by atoms with Crippen molar-refractivity contribution in [2.24, 2.45) is 0 Å². The lowest BCUT2D eigenvalue weighted by molar-refractivity contribution is 0.660. The summed E-state index contributed by atoms with van der Waals surface area (Å²) in [5.41, 5.74) is 14.9. The predicted octanol–water partition coefficient (Wildman–Crippen LogP) is 14.6. The molecule has 0 atom stereocenters. The number of hydrogen-bond donors (Lipinski definition) is 0. The van der Waals surface area contributed by atoms with Gasteiger partial charge in [-0.05, 0) is 88.0 Å². The smallest absolute Gasteiger partial charge is 0.0640 e. The zero-order valence-corrected chi connectivity index (χ0v) is 30.9. The number of nitrogens with zero attached hydrogens (tertiary/aromatic N) is 2. The molecule has 2 aromatic heterocycles. The lowest BCUT2D eigenvalue weighted by atomic mass is 9.82. The van der Waals surface area contributed by atoms with E-state index in [4.69, 9.17) is 0 Å². The van der Waals surface area contributed by atoms with Crippen LogP contribution in [0.1, 0.15) is 25.0 Å². The molecule has 11 rings (SSSR count). The van der Waals surface area contributed by atoms with Gasteiger partial charge in [0.15, 0.2) is 0 Å². The monoisotopic (exact) mass is 708 g/mol. The zero-order chi connectivity index (χ0) is 36.0. The summed E-state index contributed by atoms with van der Waals surface area (Å²) < 4.78 is 5.02. The number of aromatic nitrogens is 1. The van der Waals surface area contributed by atoms with Gasteiger partial charge in [-0.3, -0.25) is 0 Å². The fourth-order valence-electron chi connectivity index (χ4n) is 9.05. The van der Waals surface area contributed by atoms with Crippen LogP contribution in [0.5, 0.6) is 0 Å². The highest BCUT2D eigenvalue weighted by molar-refractivity contribution is 7.26. The molecule has 54 heavy (non-hydrogen) atoms. The molecule has 0 aliphatic heterocycles. The van der Waals surface area contributed by atoms with Gasteiger partial charge >= 0.3 is 0 Å². The normalized spacial score (nSPS) is 13.1. The first-order chi connectivity index (χ1) is 26.6. The number of anilines is 3. The number of fused-ring (bicyclic) bond motifs is 9. The van der Waals surface area contributed by atoms with E-state index in [0.717, 1.165) is 11.4 Å². The number of rotatable bonds is 5. The lowest BCUT2D eigenvalue weighted by Gasteiger charge is -2.28. The second kappa shape index (κ2) is 11.8. The number of hydrogen-bond acceptors (Lipinski definition) is 2. The van der Waals surface area contributed by atoms with E-state index >= 15 is 0 Å². The molecular formula is C51H36N2S. The minimum Gasteiger partial charge on any atom is -0.309 e. The second-order valence-electron chi connectivity index (χ2n) is 14.9. The Kier molecular flexibility index (Phi) is 6.80. The third kappa shape index (κ3) is 4.52. The highest BCUT2D eigenvalue weighted by atomic mass is 32.1. The third-order valence-corrected chi connectivity index (χ3v) is 12.8. The molecule has 0 bridgehead atoms. The Labute approximate surface area is 318 Å². The van der Waals surface area contributed by atoms with E-state index < -0.39 is 0 Å². The molecule has 0 N–H and O–H groups in total. The molecular weight excluding hydrogens is 673 g/mol. The molecule has 0 radical (unpaired) electrons. The van der Waals surface area contributed by atoms with Crippen LogP contribution < -0.4 is 4.90 Å². The average molecular weight is 709 g/mol. The standard InChI is InChI=1S/C51H36N2S/c1-51(2)42-20-9-6-16-37(42)38-31-30-36(32-43(38)51)52(35-28-26-34(27-29-35)33-14-4-3-5-15-33)47-24-12-19-41-49-46(23-13-25-48(49)54-50(41)47)53-44-21-10-7-17-39(44)40-18-8-11-22-45(40)53/h3-32H,1-2H3. The van der Waals surface area contributed by atoms with E-state index in [-0.39, 0.29) is 5.41 Å². The van der Waals surface area contributed by atoms with Crippen molar-refractivity contribution in [2.45, 2.75) is 19.3 Å². The van der Waals surface area contributed by atoms with E-state index in [9.17, 15) is 0 Å². The van der Waals surface area contributed by atoms with Crippen LogP contribution >= 0.6 is 11.3 Å². The van der Waals surface area contributed by atoms with Crippen molar-refractivity contribution >= 4 is 70.4 Å². The highest BCUT2D eigenvalue weighted by Crippen LogP contribution is 2.52. The van der Waals surface area contributed by atoms with Crippen LogP contribution in [0, 0.1) is 0 Å². The Bertz CT molecular complexity index is 3020. The molecule has 10 aromatic rings.